The van der Waals surface area contributed by atoms with Crippen LogP contribution in [0.4, 0.5) is 4.79 Å². The van der Waals surface area contributed by atoms with Gasteiger partial charge in [0.25, 0.3) is 10.0 Å². The summed E-state index contributed by atoms with van der Waals surface area (Å²) in [5.41, 5.74) is 0.830. The lowest BCUT2D eigenvalue weighted by molar-refractivity contribution is 0.0764. The third-order valence-corrected chi connectivity index (χ3v) is 4.41. The van der Waals surface area contributed by atoms with E-state index in [4.69, 9.17) is 5.11 Å². The Kier molecular flexibility index (Phi) is 7.28. The number of aryl methyl sites for hydroxylation is 1. The van der Waals surface area contributed by atoms with E-state index in [9.17, 15) is 18.3 Å². The lowest BCUT2D eigenvalue weighted by Crippen LogP contribution is -2.44. The summed E-state index contributed by atoms with van der Waals surface area (Å²) in [7, 11) is -4.37. The molecule has 0 spiro atoms. The van der Waals surface area contributed by atoms with Gasteiger partial charge < -0.3 is 14.9 Å². The molecule has 0 saturated heterocycles. The molecule has 1 unspecified atom stereocenters. The average Bonchev–Trinajstić information content (AvgIpc) is 2.52. The average molecular weight is 351 g/mol. The van der Waals surface area contributed by atoms with Gasteiger partial charge in [-0.3, -0.25) is 0 Å². The number of nitrogens with zero attached hydrogens (tertiary/aromatic N) is 1. The van der Waals surface area contributed by atoms with Crippen molar-refractivity contribution in [1.29, 1.82) is 0 Å². The number of aliphatic hydroxyl groups excluding tert-OH is 2. The summed E-state index contributed by atoms with van der Waals surface area (Å²) in [6.45, 7) is 2.76. The van der Waals surface area contributed by atoms with Crippen molar-refractivity contribution >= 4 is 16.1 Å². The molecule has 1 aromatic rings. The highest BCUT2D eigenvalue weighted by molar-refractivity contribution is 7.89. The highest BCUT2D eigenvalue weighted by Crippen LogP contribution is 2.19. The molecule has 1 atom stereocenters. The first-order valence-electron chi connectivity index (χ1n) is 6.89. The molecule has 0 heterocycles. The third-order valence-electron chi connectivity index (χ3n) is 2.68. The lowest BCUT2D eigenvalue weighted by atomic mass is 10.2. The van der Waals surface area contributed by atoms with Crippen LogP contribution in [0.15, 0.2) is 29.2 Å². The fraction of sp³-hybridized carbons (Fsp3) is 0.312. The zero-order valence-electron chi connectivity index (χ0n) is 13.2. The van der Waals surface area contributed by atoms with Gasteiger partial charge in [0, 0.05) is 0 Å². The monoisotopic (exact) mass is 351 g/mol. The Morgan fingerprint density at radius 3 is 2.46 bits per heavy atom. The molecule has 0 aliphatic heterocycles. The predicted molar refractivity (Wildman–Crippen MR) is 85.9 cm³/mol. The molecule has 1 rings (SSSR count). The van der Waals surface area contributed by atoms with Gasteiger partial charge in [0.1, 0.15) is 6.61 Å². The molecule has 0 bridgehead atoms. The SMILES string of the molecule is CCOC(=O)N(C(O)C#CC#CCO)S(=O)(=O)c1ccc(C)cc1. The second-order valence-corrected chi connectivity index (χ2v) is 6.23. The second-order valence-electron chi connectivity index (χ2n) is 4.42. The summed E-state index contributed by atoms with van der Waals surface area (Å²) < 4.78 is 30.1. The molecule has 1 aromatic carbocycles. The Hall–Kier alpha value is -2.52. The molecule has 0 saturated carbocycles. The summed E-state index contributed by atoms with van der Waals surface area (Å²) in [5.74, 6) is 8.68. The van der Waals surface area contributed by atoms with Gasteiger partial charge in [0.15, 0.2) is 0 Å². The summed E-state index contributed by atoms with van der Waals surface area (Å²) in [6.07, 6.45) is -3.24. The number of aliphatic hydroxyl groups is 2. The van der Waals surface area contributed by atoms with E-state index < -0.39 is 29.0 Å². The van der Waals surface area contributed by atoms with Crippen LogP contribution in [0.2, 0.25) is 0 Å². The predicted octanol–water partition coefficient (Wildman–Crippen LogP) is 0.460. The number of hydrogen-bond acceptors (Lipinski definition) is 6. The molecule has 7 nitrogen and oxygen atoms in total. The van der Waals surface area contributed by atoms with Crippen molar-refractivity contribution in [3.8, 4) is 23.7 Å². The smallest absolute Gasteiger partial charge is 0.426 e. The van der Waals surface area contributed by atoms with Crippen LogP contribution in [-0.2, 0) is 14.8 Å². The topological polar surface area (TPSA) is 104 Å². The summed E-state index contributed by atoms with van der Waals surface area (Å²) in [4.78, 5) is 11.8. The van der Waals surface area contributed by atoms with Crippen LogP contribution in [0.5, 0.6) is 0 Å². The van der Waals surface area contributed by atoms with Gasteiger partial charge in [-0.15, -0.1) is 0 Å². The van der Waals surface area contributed by atoms with Gasteiger partial charge in [-0.1, -0.05) is 23.6 Å². The Balaban J connectivity index is 3.28. The zero-order valence-corrected chi connectivity index (χ0v) is 14.0. The van der Waals surface area contributed by atoms with Crippen LogP contribution in [0, 0.1) is 30.6 Å². The maximum atomic E-state index is 12.6. The van der Waals surface area contributed by atoms with Crippen molar-refractivity contribution in [3.63, 3.8) is 0 Å². The van der Waals surface area contributed by atoms with E-state index in [1.54, 1.807) is 19.1 Å². The Morgan fingerprint density at radius 1 is 1.29 bits per heavy atom. The zero-order chi connectivity index (χ0) is 18.2. The number of benzene rings is 1. The Bertz CT molecular complexity index is 793. The molecular weight excluding hydrogens is 334 g/mol. The largest absolute Gasteiger partial charge is 0.449 e. The van der Waals surface area contributed by atoms with Crippen LogP contribution < -0.4 is 0 Å². The number of rotatable bonds is 4. The molecule has 2 N–H and O–H groups in total. The second kappa shape index (κ2) is 8.94. The van der Waals surface area contributed by atoms with Gasteiger partial charge in [-0.25, -0.2) is 13.2 Å². The van der Waals surface area contributed by atoms with E-state index in [0.29, 0.717) is 0 Å². The summed E-state index contributed by atoms with van der Waals surface area (Å²) >= 11 is 0. The Labute approximate surface area is 140 Å². The maximum absolute atomic E-state index is 12.6. The van der Waals surface area contributed by atoms with Crippen molar-refractivity contribution < 1.29 is 28.2 Å². The number of carbonyl (C=O) groups excluding carboxylic acids is 1. The summed E-state index contributed by atoms with van der Waals surface area (Å²) in [5, 5.41) is 18.5. The highest BCUT2D eigenvalue weighted by Gasteiger charge is 2.35. The van der Waals surface area contributed by atoms with E-state index >= 15 is 0 Å². The van der Waals surface area contributed by atoms with Crippen LogP contribution in [0.1, 0.15) is 12.5 Å². The normalized spacial score (nSPS) is 11.3. The van der Waals surface area contributed by atoms with E-state index in [-0.39, 0.29) is 15.8 Å². The fourth-order valence-electron chi connectivity index (χ4n) is 1.58. The molecule has 24 heavy (non-hydrogen) atoms. The van der Waals surface area contributed by atoms with Crippen molar-refractivity contribution in [1.82, 2.24) is 4.31 Å². The van der Waals surface area contributed by atoms with Gasteiger partial charge in [-0.2, -0.15) is 4.31 Å². The van der Waals surface area contributed by atoms with E-state index in [2.05, 4.69) is 28.4 Å². The van der Waals surface area contributed by atoms with E-state index in [0.717, 1.165) is 5.56 Å². The molecular formula is C16H17NO6S. The van der Waals surface area contributed by atoms with E-state index in [1.807, 2.05) is 0 Å². The van der Waals surface area contributed by atoms with Crippen LogP contribution in [-0.4, -0.2) is 48.5 Å². The number of hydrogen-bond donors (Lipinski definition) is 2. The fourth-order valence-corrected chi connectivity index (χ4v) is 2.85. The number of carbonyl (C=O) groups is 1. The molecule has 0 radical (unpaired) electrons. The molecule has 0 aromatic heterocycles. The molecule has 8 heteroatoms. The van der Waals surface area contributed by atoms with Crippen molar-refractivity contribution in [2.75, 3.05) is 13.2 Å². The van der Waals surface area contributed by atoms with Crippen LogP contribution >= 0.6 is 0 Å². The molecule has 128 valence electrons. The molecule has 0 fully saturated rings. The van der Waals surface area contributed by atoms with Crippen molar-refractivity contribution in [3.05, 3.63) is 29.8 Å². The van der Waals surface area contributed by atoms with Gasteiger partial charge in [0.2, 0.25) is 6.23 Å². The standard InChI is InChI=1S/C16H17NO6S/c1-3-23-16(20)17(15(19)7-5-4-6-12-18)24(21,22)14-10-8-13(2)9-11-14/h8-11,15,18-19H,3,12H2,1-2H3. The number of ether oxygens (including phenoxy) is 1. The quantitative estimate of drug-likeness (QED) is 0.603. The van der Waals surface area contributed by atoms with Gasteiger partial charge in [0.05, 0.1) is 11.5 Å². The molecule has 0 aliphatic rings. The minimum atomic E-state index is -4.37. The maximum Gasteiger partial charge on any atom is 0.426 e. The third kappa shape index (κ3) is 5.00. The summed E-state index contributed by atoms with van der Waals surface area (Å²) in [6, 6.07) is 5.73. The lowest BCUT2D eigenvalue weighted by Gasteiger charge is -2.23. The highest BCUT2D eigenvalue weighted by atomic mass is 32.2. The van der Waals surface area contributed by atoms with Gasteiger partial charge in [-0.05, 0) is 43.7 Å². The van der Waals surface area contributed by atoms with Crippen molar-refractivity contribution in [2.45, 2.75) is 25.0 Å². The first-order chi connectivity index (χ1) is 11.3. The first kappa shape index (κ1) is 19.5. The first-order valence-corrected chi connectivity index (χ1v) is 8.33. The minimum Gasteiger partial charge on any atom is -0.449 e. The van der Waals surface area contributed by atoms with E-state index in [1.165, 1.54) is 19.1 Å². The van der Waals surface area contributed by atoms with Crippen molar-refractivity contribution in [2.24, 2.45) is 0 Å². The number of amides is 1. The van der Waals surface area contributed by atoms with Crippen LogP contribution in [0.25, 0.3) is 0 Å². The molecule has 0 aliphatic carbocycles. The Morgan fingerprint density at radius 2 is 1.92 bits per heavy atom. The van der Waals surface area contributed by atoms with Crippen LogP contribution in [0.3, 0.4) is 0 Å². The van der Waals surface area contributed by atoms with Gasteiger partial charge >= 0.3 is 6.09 Å². The minimum absolute atomic E-state index is 0.0801. The number of sulfonamides is 1. The molecule has 1 amide bonds.